The Bertz CT molecular complexity index is 580. The first kappa shape index (κ1) is 20.0. The fourth-order valence-corrected chi connectivity index (χ4v) is 2.43. The second kappa shape index (κ2) is 9.94. The molecule has 5 heteroatoms. The van der Waals surface area contributed by atoms with E-state index < -0.39 is 5.60 Å². The molecular formula is C19H28N2O3. The number of nitriles is 1. The van der Waals surface area contributed by atoms with E-state index in [-0.39, 0.29) is 5.91 Å². The van der Waals surface area contributed by atoms with E-state index in [9.17, 15) is 4.79 Å². The number of nitrogens with zero attached hydrogens (tertiary/aromatic N) is 1. The van der Waals surface area contributed by atoms with Crippen LogP contribution in [-0.2, 0) is 9.53 Å². The van der Waals surface area contributed by atoms with E-state index in [2.05, 4.69) is 18.3 Å². The standard InChI is InChI=1S/C19H28N2O3/c1-5-7-8-11-19(3,24-12-6-2)18(22)21-16-9-10-17(23-4)15(13-16)14-20/h9-10,13H,5-8,11-12H2,1-4H3,(H,21,22)/t19-/m0/s1. The van der Waals surface area contributed by atoms with Crippen molar-refractivity contribution in [2.75, 3.05) is 19.0 Å². The molecule has 0 aliphatic carbocycles. The lowest BCUT2D eigenvalue weighted by Gasteiger charge is -2.29. The molecule has 0 spiro atoms. The Morgan fingerprint density at radius 1 is 1.29 bits per heavy atom. The Morgan fingerprint density at radius 3 is 2.62 bits per heavy atom. The summed E-state index contributed by atoms with van der Waals surface area (Å²) in [5.41, 5.74) is 0.0920. The first-order valence-electron chi connectivity index (χ1n) is 8.54. The topological polar surface area (TPSA) is 71.3 Å². The number of nitrogens with one attached hydrogen (secondary N) is 1. The SMILES string of the molecule is CCCCC[C@](C)(OCCC)C(=O)Nc1ccc(OC)c(C#N)c1. The summed E-state index contributed by atoms with van der Waals surface area (Å²) in [7, 11) is 1.51. The number of hydrogen-bond donors (Lipinski definition) is 1. The minimum atomic E-state index is -0.863. The van der Waals surface area contributed by atoms with Crippen LogP contribution in [0.2, 0.25) is 0 Å². The van der Waals surface area contributed by atoms with Crippen molar-refractivity contribution in [2.24, 2.45) is 0 Å². The van der Waals surface area contributed by atoms with Gasteiger partial charge in [-0.05, 0) is 38.0 Å². The molecule has 0 radical (unpaired) electrons. The van der Waals surface area contributed by atoms with Crippen LogP contribution in [0, 0.1) is 11.3 Å². The number of methoxy groups -OCH3 is 1. The van der Waals surface area contributed by atoms with E-state index in [1.807, 2.05) is 13.8 Å². The van der Waals surface area contributed by atoms with Crippen LogP contribution in [0.25, 0.3) is 0 Å². The third kappa shape index (κ3) is 5.54. The maximum absolute atomic E-state index is 12.7. The second-order valence-electron chi connectivity index (χ2n) is 6.02. The Hall–Kier alpha value is -2.06. The van der Waals surface area contributed by atoms with Gasteiger partial charge in [0.05, 0.1) is 12.7 Å². The monoisotopic (exact) mass is 332 g/mol. The van der Waals surface area contributed by atoms with E-state index in [0.29, 0.717) is 30.0 Å². The predicted octanol–water partition coefficient (Wildman–Crippen LogP) is 4.27. The Balaban J connectivity index is 2.88. The zero-order valence-electron chi connectivity index (χ0n) is 15.1. The molecule has 1 amide bonds. The van der Waals surface area contributed by atoms with Crippen molar-refractivity contribution in [1.29, 1.82) is 5.26 Å². The van der Waals surface area contributed by atoms with Gasteiger partial charge in [-0.1, -0.05) is 33.1 Å². The minimum absolute atomic E-state index is 0.180. The van der Waals surface area contributed by atoms with Crippen molar-refractivity contribution in [1.82, 2.24) is 0 Å². The molecule has 1 aromatic rings. The molecule has 1 N–H and O–H groups in total. The van der Waals surface area contributed by atoms with Crippen molar-refractivity contribution >= 4 is 11.6 Å². The summed E-state index contributed by atoms with van der Waals surface area (Å²) in [5.74, 6) is 0.310. The Labute approximate surface area is 145 Å². The Kier molecular flexibility index (Phi) is 8.28. The summed E-state index contributed by atoms with van der Waals surface area (Å²) in [6, 6.07) is 7.08. The first-order valence-corrected chi connectivity index (χ1v) is 8.54. The van der Waals surface area contributed by atoms with Crippen LogP contribution in [0.5, 0.6) is 5.75 Å². The van der Waals surface area contributed by atoms with Crippen LogP contribution in [-0.4, -0.2) is 25.2 Å². The highest BCUT2D eigenvalue weighted by atomic mass is 16.5. The molecule has 0 aliphatic heterocycles. The van der Waals surface area contributed by atoms with Gasteiger partial charge < -0.3 is 14.8 Å². The predicted molar refractivity (Wildman–Crippen MR) is 95.1 cm³/mol. The number of unbranched alkanes of at least 4 members (excludes halogenated alkanes) is 2. The van der Waals surface area contributed by atoms with Crippen molar-refractivity contribution in [3.8, 4) is 11.8 Å². The van der Waals surface area contributed by atoms with Gasteiger partial charge in [0, 0.05) is 12.3 Å². The molecule has 0 aromatic heterocycles. The van der Waals surface area contributed by atoms with Gasteiger partial charge in [-0.2, -0.15) is 5.26 Å². The summed E-state index contributed by atoms with van der Waals surface area (Å²) >= 11 is 0. The fraction of sp³-hybridized carbons (Fsp3) is 0.579. The molecule has 0 unspecified atom stereocenters. The molecule has 0 saturated heterocycles. The molecule has 0 saturated carbocycles. The van der Waals surface area contributed by atoms with E-state index >= 15 is 0 Å². The van der Waals surface area contributed by atoms with Crippen molar-refractivity contribution in [3.05, 3.63) is 23.8 Å². The zero-order chi connectivity index (χ0) is 18.0. The van der Waals surface area contributed by atoms with Crippen LogP contribution in [0.15, 0.2) is 18.2 Å². The maximum Gasteiger partial charge on any atom is 0.256 e. The van der Waals surface area contributed by atoms with Gasteiger partial charge in [0.25, 0.3) is 5.91 Å². The number of ether oxygens (including phenoxy) is 2. The highest BCUT2D eigenvalue weighted by Crippen LogP contribution is 2.25. The van der Waals surface area contributed by atoms with Crippen LogP contribution < -0.4 is 10.1 Å². The molecule has 24 heavy (non-hydrogen) atoms. The van der Waals surface area contributed by atoms with E-state index in [1.165, 1.54) is 7.11 Å². The smallest absolute Gasteiger partial charge is 0.256 e. The summed E-state index contributed by atoms with van der Waals surface area (Å²) in [4.78, 5) is 12.7. The van der Waals surface area contributed by atoms with Gasteiger partial charge in [0.1, 0.15) is 17.4 Å². The molecule has 1 rings (SSSR count). The van der Waals surface area contributed by atoms with E-state index in [1.54, 1.807) is 18.2 Å². The average molecular weight is 332 g/mol. The minimum Gasteiger partial charge on any atom is -0.495 e. The lowest BCUT2D eigenvalue weighted by molar-refractivity contribution is -0.140. The molecule has 0 aliphatic rings. The number of hydrogen-bond acceptors (Lipinski definition) is 4. The molecule has 1 aromatic carbocycles. The van der Waals surface area contributed by atoms with E-state index in [0.717, 1.165) is 25.7 Å². The quantitative estimate of drug-likeness (QED) is 0.649. The normalized spacial score (nSPS) is 13.0. The average Bonchev–Trinajstić information content (AvgIpc) is 2.60. The number of carbonyl (C=O) groups excluding carboxylic acids is 1. The van der Waals surface area contributed by atoms with Crippen LogP contribution in [0.4, 0.5) is 5.69 Å². The Morgan fingerprint density at radius 2 is 2.04 bits per heavy atom. The lowest BCUT2D eigenvalue weighted by Crippen LogP contribution is -2.43. The van der Waals surface area contributed by atoms with Crippen molar-refractivity contribution < 1.29 is 14.3 Å². The van der Waals surface area contributed by atoms with E-state index in [4.69, 9.17) is 14.7 Å². The molecule has 5 nitrogen and oxygen atoms in total. The number of rotatable bonds is 10. The maximum atomic E-state index is 12.7. The second-order valence-corrected chi connectivity index (χ2v) is 6.02. The fourth-order valence-electron chi connectivity index (χ4n) is 2.43. The first-order chi connectivity index (χ1) is 11.5. The third-order valence-electron chi connectivity index (χ3n) is 3.94. The van der Waals surface area contributed by atoms with Crippen LogP contribution in [0.1, 0.15) is 58.4 Å². The molecule has 0 bridgehead atoms. The number of carbonyl (C=O) groups is 1. The molecule has 0 fully saturated rings. The van der Waals surface area contributed by atoms with Gasteiger partial charge in [0.15, 0.2) is 0 Å². The largest absolute Gasteiger partial charge is 0.495 e. The zero-order valence-corrected chi connectivity index (χ0v) is 15.1. The van der Waals surface area contributed by atoms with Crippen LogP contribution >= 0.6 is 0 Å². The van der Waals surface area contributed by atoms with Gasteiger partial charge in [-0.25, -0.2) is 0 Å². The van der Waals surface area contributed by atoms with Crippen molar-refractivity contribution in [3.63, 3.8) is 0 Å². The van der Waals surface area contributed by atoms with Crippen LogP contribution in [0.3, 0.4) is 0 Å². The highest BCUT2D eigenvalue weighted by molar-refractivity contribution is 5.97. The molecule has 0 heterocycles. The summed E-state index contributed by atoms with van der Waals surface area (Å²) in [6.07, 6.45) is 4.64. The number of amides is 1. The molecule has 132 valence electrons. The van der Waals surface area contributed by atoms with Crippen molar-refractivity contribution in [2.45, 2.75) is 58.5 Å². The van der Waals surface area contributed by atoms with Gasteiger partial charge in [0.2, 0.25) is 0 Å². The summed E-state index contributed by atoms with van der Waals surface area (Å²) < 4.78 is 11.0. The third-order valence-corrected chi connectivity index (χ3v) is 3.94. The van der Waals surface area contributed by atoms with Gasteiger partial charge >= 0.3 is 0 Å². The van der Waals surface area contributed by atoms with Gasteiger partial charge in [-0.15, -0.1) is 0 Å². The highest BCUT2D eigenvalue weighted by Gasteiger charge is 2.33. The lowest BCUT2D eigenvalue weighted by atomic mass is 9.96. The molecular weight excluding hydrogens is 304 g/mol. The summed E-state index contributed by atoms with van der Waals surface area (Å²) in [6.45, 7) is 6.53. The number of anilines is 1. The van der Waals surface area contributed by atoms with Gasteiger partial charge in [-0.3, -0.25) is 4.79 Å². The number of benzene rings is 1. The summed E-state index contributed by atoms with van der Waals surface area (Å²) in [5, 5.41) is 12.0. The molecule has 1 atom stereocenters.